The number of benzene rings is 2. The molecule has 16 heteroatoms. The van der Waals surface area contributed by atoms with Crippen LogP contribution in [0.25, 0.3) is 22.5 Å². The summed E-state index contributed by atoms with van der Waals surface area (Å²) in [4.78, 5) is 12.4. The lowest BCUT2D eigenvalue weighted by Crippen LogP contribution is -2.56. The third kappa shape index (κ3) is 12.1. The molecule has 2 aromatic carbocycles. The first-order chi connectivity index (χ1) is 45.3. The molecule has 17 rings (SSSR count). The van der Waals surface area contributed by atoms with Gasteiger partial charge < -0.3 is 28.4 Å². The van der Waals surface area contributed by atoms with E-state index in [0.717, 1.165) is 147 Å². The Kier molecular flexibility index (Phi) is 22.6. The molecule has 7 heterocycles. The van der Waals surface area contributed by atoms with Crippen LogP contribution in [0.5, 0.6) is 0 Å². The lowest BCUT2D eigenvalue weighted by molar-refractivity contribution is -0.240. The number of halogens is 1. The molecule has 12 atom stereocenters. The minimum atomic E-state index is -0.340. The van der Waals surface area contributed by atoms with E-state index in [1.54, 1.807) is 0 Å². The van der Waals surface area contributed by atoms with Gasteiger partial charge in [-0.2, -0.15) is 20.4 Å². The summed E-state index contributed by atoms with van der Waals surface area (Å²) in [5, 5.41) is 19.8. The predicted molar refractivity (Wildman–Crippen MR) is 396 cm³/mol. The van der Waals surface area contributed by atoms with E-state index in [2.05, 4.69) is 162 Å². The molecule has 0 N–H and O–H groups in total. The van der Waals surface area contributed by atoms with Crippen molar-refractivity contribution in [2.75, 3.05) is 39.6 Å². The fraction of sp³-hybridized carbons (Fsp3) is 0.695. The number of hydrogen-bond acceptors (Lipinski definition) is 11. The van der Waals surface area contributed by atoms with Crippen LogP contribution in [0.1, 0.15) is 233 Å². The number of nitrogens with zero attached hydrogens (tertiary/aromatic N) is 8. The Balaban J connectivity index is 0.000000140. The molecule has 11 aliphatic rings. The normalized spacial score (nSPS) is 32.1. The maximum Gasteiger partial charge on any atom is 0.171 e. The topological polar surface area (TPSA) is 144 Å². The smallest absolute Gasteiger partial charge is 0.171 e. The van der Waals surface area contributed by atoms with Crippen molar-refractivity contribution in [2.45, 2.75) is 253 Å². The number of Topliss-reactive ketones (excluding diaryl/α,β-unsaturated/α-hetero) is 1. The molecule has 3 aliphatic heterocycles. The molecule has 8 aliphatic carbocycles. The molecule has 15 nitrogen and oxygen atoms in total. The van der Waals surface area contributed by atoms with Crippen LogP contribution in [0.3, 0.4) is 0 Å². The Morgan fingerprint density at radius 3 is 1.19 bits per heavy atom. The first kappa shape index (κ1) is 75.8. The summed E-state index contributed by atoms with van der Waals surface area (Å²) in [6.45, 7) is 23.2. The van der Waals surface area contributed by atoms with Crippen LogP contribution in [-0.4, -0.2) is 102 Å². The molecular formula is C82H123BrN8O7. The SMILES string of the molecule is C.C.C.C.CC[C@@H]1C(=O)CC[C@]2(C)c3nn(C)c(-c4ccccc4)c3CC[C@@H]12.CC[C@H]1[C@@H]2CCc3c(nn(C)c3-c3ccccc3)[C@@]2(C)CCC12OCCO2.CC[C@H]1[C@@H]2CCc3c(nn(C)c3Br)[C@@]2(C)CCC12OCCO2.CC[C@H]1[C@@H]2CCc3cn(C)nc3[C@@]2(C)CCC12OCCO2. The van der Waals surface area contributed by atoms with Crippen LogP contribution in [0.2, 0.25) is 0 Å². The van der Waals surface area contributed by atoms with Gasteiger partial charge in [-0.15, -0.1) is 0 Å². The van der Waals surface area contributed by atoms with Crippen LogP contribution in [-0.2, 0) is 109 Å². The van der Waals surface area contributed by atoms with Gasteiger partial charge in [0.2, 0.25) is 0 Å². The van der Waals surface area contributed by atoms with Gasteiger partial charge in [-0.05, 0) is 148 Å². The predicted octanol–water partition coefficient (Wildman–Crippen LogP) is 17.7. The average molecular weight is 1410 g/mol. The zero-order valence-corrected chi connectivity index (χ0v) is 60.3. The number of fused-ring (bicyclic) bond motifs is 12. The third-order valence-corrected chi connectivity index (χ3v) is 27.6. The average Bonchev–Trinajstić information content (AvgIpc) is 1.50. The summed E-state index contributed by atoms with van der Waals surface area (Å²) in [7, 11) is 8.24. The second-order valence-electron chi connectivity index (χ2n) is 31.1. The van der Waals surface area contributed by atoms with Gasteiger partial charge in [0.25, 0.3) is 0 Å². The number of aromatic nitrogens is 8. The van der Waals surface area contributed by atoms with Crippen molar-refractivity contribution in [1.82, 2.24) is 39.1 Å². The Morgan fingerprint density at radius 2 is 0.786 bits per heavy atom. The second kappa shape index (κ2) is 29.1. The molecule has 4 aromatic heterocycles. The molecule has 3 spiro atoms. The van der Waals surface area contributed by atoms with Gasteiger partial charge in [0.1, 0.15) is 10.4 Å². The molecular weight excluding hydrogens is 1290 g/mol. The molecule has 0 bridgehead atoms. The van der Waals surface area contributed by atoms with Gasteiger partial charge in [-0.1, -0.05) is 146 Å². The lowest BCUT2D eigenvalue weighted by atomic mass is 9.54. The van der Waals surface area contributed by atoms with E-state index in [1.807, 2.05) is 23.5 Å². The molecule has 0 unspecified atom stereocenters. The highest BCUT2D eigenvalue weighted by Gasteiger charge is 2.62. The van der Waals surface area contributed by atoms with Crippen LogP contribution in [0.4, 0.5) is 0 Å². The highest BCUT2D eigenvalue weighted by molar-refractivity contribution is 9.10. The maximum atomic E-state index is 12.4. The summed E-state index contributed by atoms with van der Waals surface area (Å²) in [5.74, 6) is 3.40. The number of hydrogen-bond donors (Lipinski definition) is 0. The van der Waals surface area contributed by atoms with E-state index in [0.29, 0.717) is 53.6 Å². The monoisotopic (exact) mass is 1410 g/mol. The van der Waals surface area contributed by atoms with Gasteiger partial charge in [0.05, 0.1) is 73.8 Å². The van der Waals surface area contributed by atoms with Crippen molar-refractivity contribution in [3.05, 3.63) is 116 Å². The van der Waals surface area contributed by atoms with E-state index in [4.69, 9.17) is 48.8 Å². The Bertz CT molecular complexity index is 3710. The van der Waals surface area contributed by atoms with E-state index >= 15 is 0 Å². The number of rotatable bonds is 6. The number of ketones is 1. The molecule has 540 valence electrons. The molecule has 7 fully saturated rings. The minimum absolute atomic E-state index is 0. The summed E-state index contributed by atoms with van der Waals surface area (Å²) < 4.78 is 46.3. The molecule has 3 saturated heterocycles. The van der Waals surface area contributed by atoms with Crippen molar-refractivity contribution < 1.29 is 33.2 Å². The standard InChI is InChI=1S/C23H30N2O2.C21H26N2O.C17H25BrN2O2.C17H26N2O2.4CH4/c1-4-18-19-11-10-17-20(16-8-6-5-7-9-16)25(3)24-21(17)22(19,2)12-13-23(18)26-14-15-27-23;1-4-15-17-11-10-16-19(14-8-6-5-7-9-14)23(3)22-20(16)21(17,2)13-12-18(15)24;1-4-12-13-6-5-11-14(19-20(3)15(11)18)16(13,2)7-8-17(12)21-9-10-22-17;1-4-13-14-6-5-12-11-19(3)18-15(12)16(14,2)7-8-17(13)20-9-10-21-17;;;;/h5-9,18-19H,4,10-15H2,1-3H3;5-9,15,17H,4,10-13H2,1-3H3;12-13H,4-10H2,1-3H3;11,13-14H,4-10H2,1-3H3;4*1H4/t18-,19-,22-;15-,17-,21-;12-,13-,16-;13-,14-,16-;;;;/m0000..../s1. The Morgan fingerprint density at radius 1 is 0.429 bits per heavy atom. The van der Waals surface area contributed by atoms with Crippen molar-refractivity contribution in [3.8, 4) is 22.5 Å². The first-order valence-electron chi connectivity index (χ1n) is 36.6. The Hall–Kier alpha value is -4.81. The van der Waals surface area contributed by atoms with Gasteiger partial charge in [0.15, 0.2) is 17.4 Å². The van der Waals surface area contributed by atoms with Crippen LogP contribution < -0.4 is 0 Å². The molecule has 0 radical (unpaired) electrons. The second-order valence-corrected chi connectivity index (χ2v) is 31.8. The maximum absolute atomic E-state index is 12.4. The largest absolute Gasteiger partial charge is 0.347 e. The van der Waals surface area contributed by atoms with Crippen molar-refractivity contribution in [3.63, 3.8) is 0 Å². The zero-order chi connectivity index (χ0) is 65.7. The molecule has 6 aromatic rings. The number of ether oxygens (including phenoxy) is 6. The quantitative estimate of drug-likeness (QED) is 0.157. The van der Waals surface area contributed by atoms with Gasteiger partial charge >= 0.3 is 0 Å². The molecule has 98 heavy (non-hydrogen) atoms. The van der Waals surface area contributed by atoms with Crippen molar-refractivity contribution in [1.29, 1.82) is 0 Å². The number of aryl methyl sites for hydroxylation is 5. The van der Waals surface area contributed by atoms with Gasteiger partial charge in [0, 0.05) is 133 Å². The van der Waals surface area contributed by atoms with Crippen LogP contribution in [0.15, 0.2) is 71.5 Å². The van der Waals surface area contributed by atoms with Gasteiger partial charge in [-0.25, -0.2) is 0 Å². The fourth-order valence-electron chi connectivity index (χ4n) is 22.2. The van der Waals surface area contributed by atoms with E-state index in [9.17, 15) is 4.79 Å². The highest BCUT2D eigenvalue weighted by atomic mass is 79.9. The van der Waals surface area contributed by atoms with Gasteiger partial charge in [-0.3, -0.25) is 23.5 Å². The summed E-state index contributed by atoms with van der Waals surface area (Å²) in [6, 6.07) is 21.3. The summed E-state index contributed by atoms with van der Waals surface area (Å²) in [5.41, 5.74) is 16.6. The third-order valence-electron chi connectivity index (χ3n) is 26.6. The fourth-order valence-corrected chi connectivity index (χ4v) is 22.7. The van der Waals surface area contributed by atoms with E-state index in [1.165, 1.54) is 86.8 Å². The van der Waals surface area contributed by atoms with E-state index in [-0.39, 0.29) is 74.6 Å². The van der Waals surface area contributed by atoms with E-state index < -0.39 is 0 Å². The first-order valence-corrected chi connectivity index (χ1v) is 37.4. The van der Waals surface area contributed by atoms with Crippen LogP contribution >= 0.6 is 15.9 Å². The summed E-state index contributed by atoms with van der Waals surface area (Å²) in [6.07, 6.45) is 23.6. The summed E-state index contributed by atoms with van der Waals surface area (Å²) >= 11 is 3.72. The zero-order valence-electron chi connectivity index (χ0n) is 58.7. The van der Waals surface area contributed by atoms with Crippen molar-refractivity contribution >= 4 is 21.7 Å². The minimum Gasteiger partial charge on any atom is -0.347 e. The molecule has 4 saturated carbocycles. The highest BCUT2D eigenvalue weighted by Crippen LogP contribution is 2.62. The van der Waals surface area contributed by atoms with Crippen molar-refractivity contribution in [2.24, 2.45) is 75.5 Å². The number of carbonyl (C=O) groups is 1. The Labute approximate surface area is 597 Å². The molecule has 0 amide bonds. The van der Waals surface area contributed by atoms with Crippen LogP contribution in [0, 0.1) is 47.3 Å². The number of carbonyl (C=O) groups excluding carboxylic acids is 1. The lowest BCUT2D eigenvalue weighted by Gasteiger charge is -2.54.